The molecule has 0 bridgehead atoms. The molecular formula is C12H11N3OS. The van der Waals surface area contributed by atoms with E-state index in [2.05, 4.69) is 27.8 Å². The monoisotopic (exact) mass is 245 g/mol. The number of nitrogens with one attached hydrogen (secondary N) is 2. The highest BCUT2D eigenvalue weighted by atomic mass is 32.1. The van der Waals surface area contributed by atoms with E-state index in [0.29, 0.717) is 11.4 Å². The molecule has 0 unspecified atom stereocenters. The van der Waals surface area contributed by atoms with E-state index >= 15 is 0 Å². The topological polar surface area (TPSA) is 54.0 Å². The Balaban J connectivity index is 2.14. The zero-order valence-electron chi connectivity index (χ0n) is 8.92. The van der Waals surface area contributed by atoms with Crippen molar-refractivity contribution in [3.05, 3.63) is 54.2 Å². The molecule has 1 heterocycles. The van der Waals surface area contributed by atoms with Gasteiger partial charge in [0.2, 0.25) is 0 Å². The molecule has 2 aromatic rings. The van der Waals surface area contributed by atoms with E-state index in [1.165, 1.54) is 0 Å². The van der Waals surface area contributed by atoms with Crippen molar-refractivity contribution in [2.45, 2.75) is 0 Å². The Kier molecular flexibility index (Phi) is 3.62. The molecule has 0 aliphatic rings. The smallest absolute Gasteiger partial charge is 0.256 e. The summed E-state index contributed by atoms with van der Waals surface area (Å²) in [5.41, 5.74) is 1.32. The van der Waals surface area contributed by atoms with E-state index in [-0.39, 0.29) is 5.91 Å². The highest BCUT2D eigenvalue weighted by molar-refractivity contribution is 7.81. The van der Waals surface area contributed by atoms with Crippen LogP contribution in [0.4, 0.5) is 11.5 Å². The minimum Gasteiger partial charge on any atom is -0.332 e. The summed E-state index contributed by atoms with van der Waals surface area (Å²) in [6, 6.07) is 12.4. The summed E-state index contributed by atoms with van der Waals surface area (Å²) < 4.78 is 2.68. The second kappa shape index (κ2) is 5.36. The second-order valence-corrected chi connectivity index (χ2v) is 3.59. The van der Waals surface area contributed by atoms with Crippen LogP contribution in [0.25, 0.3) is 0 Å². The molecule has 0 aliphatic carbocycles. The standard InChI is InChI=1S/C12H11N3OS/c16-12(14-11-6-1-2-7-13-11)9-4-3-5-10(8-9)15-17/h1-8,15,17H,(H,13,14,16). The first-order valence-electron chi connectivity index (χ1n) is 5.02. The van der Waals surface area contributed by atoms with Crippen LogP contribution in [0, 0.1) is 0 Å². The van der Waals surface area contributed by atoms with E-state index in [1.54, 1.807) is 36.5 Å². The van der Waals surface area contributed by atoms with Gasteiger partial charge in [-0.3, -0.25) is 4.79 Å². The summed E-state index contributed by atoms with van der Waals surface area (Å²) >= 11 is 3.93. The molecule has 1 aromatic heterocycles. The van der Waals surface area contributed by atoms with Crippen molar-refractivity contribution in [1.82, 2.24) is 4.98 Å². The molecular weight excluding hydrogens is 234 g/mol. The van der Waals surface area contributed by atoms with Crippen molar-refractivity contribution in [2.75, 3.05) is 10.0 Å². The highest BCUT2D eigenvalue weighted by Gasteiger charge is 2.06. The largest absolute Gasteiger partial charge is 0.332 e. The third kappa shape index (κ3) is 2.98. The maximum Gasteiger partial charge on any atom is 0.256 e. The van der Waals surface area contributed by atoms with Gasteiger partial charge in [0.15, 0.2) is 0 Å². The molecule has 86 valence electrons. The van der Waals surface area contributed by atoms with Gasteiger partial charge in [0.1, 0.15) is 5.82 Å². The zero-order chi connectivity index (χ0) is 12.1. The van der Waals surface area contributed by atoms with Crippen LogP contribution in [0.2, 0.25) is 0 Å². The molecule has 0 radical (unpaired) electrons. The van der Waals surface area contributed by atoms with Crippen LogP contribution in [-0.4, -0.2) is 10.9 Å². The van der Waals surface area contributed by atoms with Gasteiger partial charge in [0.05, 0.1) is 0 Å². The van der Waals surface area contributed by atoms with Crippen LogP contribution in [0.1, 0.15) is 10.4 Å². The average Bonchev–Trinajstić information content (AvgIpc) is 2.40. The number of hydrogen-bond acceptors (Lipinski definition) is 4. The molecule has 1 amide bonds. The van der Waals surface area contributed by atoms with E-state index < -0.39 is 0 Å². The molecule has 0 aliphatic heterocycles. The lowest BCUT2D eigenvalue weighted by Crippen LogP contribution is -2.12. The first-order chi connectivity index (χ1) is 8.29. The summed E-state index contributed by atoms with van der Waals surface area (Å²) in [6.45, 7) is 0. The molecule has 0 saturated carbocycles. The number of nitrogens with zero attached hydrogens (tertiary/aromatic N) is 1. The van der Waals surface area contributed by atoms with Crippen molar-refractivity contribution in [1.29, 1.82) is 0 Å². The predicted molar refractivity (Wildman–Crippen MR) is 71.2 cm³/mol. The fourth-order valence-electron chi connectivity index (χ4n) is 1.36. The number of thiol groups is 1. The number of benzene rings is 1. The van der Waals surface area contributed by atoms with Gasteiger partial charge in [0.25, 0.3) is 5.91 Å². The van der Waals surface area contributed by atoms with Gasteiger partial charge in [-0.25, -0.2) is 4.98 Å². The van der Waals surface area contributed by atoms with Crippen LogP contribution in [0.3, 0.4) is 0 Å². The SMILES string of the molecule is O=C(Nc1ccccn1)c1cccc(NS)c1. The quantitative estimate of drug-likeness (QED) is 0.728. The average molecular weight is 245 g/mol. The number of carbonyl (C=O) groups is 1. The van der Waals surface area contributed by atoms with Crippen molar-refractivity contribution < 1.29 is 4.79 Å². The molecule has 0 atom stereocenters. The number of amides is 1. The molecule has 0 fully saturated rings. The van der Waals surface area contributed by atoms with E-state index in [9.17, 15) is 4.79 Å². The van der Waals surface area contributed by atoms with Crippen LogP contribution in [-0.2, 0) is 0 Å². The number of hydrogen-bond donors (Lipinski definition) is 3. The number of carbonyl (C=O) groups excluding carboxylic acids is 1. The van der Waals surface area contributed by atoms with Gasteiger partial charge in [-0.15, -0.1) is 0 Å². The summed E-state index contributed by atoms with van der Waals surface area (Å²) in [6.07, 6.45) is 1.63. The van der Waals surface area contributed by atoms with Crippen molar-refractivity contribution >= 4 is 30.2 Å². The maximum absolute atomic E-state index is 11.9. The minimum atomic E-state index is -0.200. The molecule has 17 heavy (non-hydrogen) atoms. The fraction of sp³-hybridized carbons (Fsp3) is 0. The summed E-state index contributed by atoms with van der Waals surface area (Å²) in [7, 11) is 0. The normalized spacial score (nSPS) is 9.71. The molecule has 2 N–H and O–H groups in total. The number of pyridine rings is 1. The third-order valence-corrected chi connectivity index (χ3v) is 2.42. The van der Waals surface area contributed by atoms with Gasteiger partial charge in [-0.2, -0.15) is 0 Å². The fourth-order valence-corrected chi connectivity index (χ4v) is 1.49. The summed E-state index contributed by atoms with van der Waals surface area (Å²) in [5, 5.41) is 2.71. The second-order valence-electron chi connectivity index (χ2n) is 3.36. The summed E-state index contributed by atoms with van der Waals surface area (Å²) in [4.78, 5) is 15.9. The highest BCUT2D eigenvalue weighted by Crippen LogP contribution is 2.12. The lowest BCUT2D eigenvalue weighted by atomic mass is 10.2. The van der Waals surface area contributed by atoms with Crippen LogP contribution >= 0.6 is 12.8 Å². The van der Waals surface area contributed by atoms with Crippen LogP contribution in [0.5, 0.6) is 0 Å². The first kappa shape index (κ1) is 11.5. The lowest BCUT2D eigenvalue weighted by molar-refractivity contribution is 0.102. The minimum absolute atomic E-state index is 0.200. The van der Waals surface area contributed by atoms with Crippen molar-refractivity contribution in [2.24, 2.45) is 0 Å². The van der Waals surface area contributed by atoms with Crippen LogP contribution in [0.15, 0.2) is 48.7 Å². The molecule has 4 nitrogen and oxygen atoms in total. The van der Waals surface area contributed by atoms with Gasteiger partial charge in [-0.1, -0.05) is 24.9 Å². The van der Waals surface area contributed by atoms with Gasteiger partial charge >= 0.3 is 0 Å². The Morgan fingerprint density at radius 1 is 1.18 bits per heavy atom. The molecule has 1 aromatic carbocycles. The van der Waals surface area contributed by atoms with E-state index in [1.807, 2.05) is 12.1 Å². The molecule has 5 heteroatoms. The number of aromatic nitrogens is 1. The number of rotatable bonds is 3. The predicted octanol–water partition coefficient (Wildman–Crippen LogP) is 2.59. The van der Waals surface area contributed by atoms with Gasteiger partial charge < -0.3 is 10.0 Å². The summed E-state index contributed by atoms with van der Waals surface area (Å²) in [5.74, 6) is 0.330. The van der Waals surface area contributed by atoms with Crippen molar-refractivity contribution in [3.8, 4) is 0 Å². The molecule has 2 rings (SSSR count). The van der Waals surface area contributed by atoms with Gasteiger partial charge in [0, 0.05) is 17.4 Å². The Hall–Kier alpha value is -2.01. The van der Waals surface area contributed by atoms with Gasteiger partial charge in [-0.05, 0) is 30.3 Å². The Morgan fingerprint density at radius 3 is 2.76 bits per heavy atom. The number of anilines is 2. The first-order valence-corrected chi connectivity index (χ1v) is 5.47. The maximum atomic E-state index is 11.9. The lowest BCUT2D eigenvalue weighted by Gasteiger charge is -2.05. The van der Waals surface area contributed by atoms with E-state index in [4.69, 9.17) is 0 Å². The zero-order valence-corrected chi connectivity index (χ0v) is 9.82. The molecule has 0 saturated heterocycles. The van der Waals surface area contributed by atoms with Crippen molar-refractivity contribution in [3.63, 3.8) is 0 Å². The van der Waals surface area contributed by atoms with E-state index in [0.717, 1.165) is 5.69 Å². The Bertz CT molecular complexity index is 516. The van der Waals surface area contributed by atoms with Crippen LogP contribution < -0.4 is 10.0 Å². The Morgan fingerprint density at radius 2 is 2.06 bits per heavy atom. The third-order valence-electron chi connectivity index (χ3n) is 2.16. The molecule has 0 spiro atoms. The Labute approximate surface area is 105 Å².